The molecule has 1 aromatic heterocycles. The van der Waals surface area contributed by atoms with Crippen molar-refractivity contribution in [3.05, 3.63) is 80.0 Å². The summed E-state index contributed by atoms with van der Waals surface area (Å²) < 4.78 is 13.8. The van der Waals surface area contributed by atoms with Gasteiger partial charge in [-0.2, -0.15) is 0 Å². The number of aryl methyl sites for hydroxylation is 3. The second kappa shape index (κ2) is 13.6. The number of alkyl halides is 1. The molecule has 2 aromatic rings. The molecule has 1 aliphatic carbocycles. The molecule has 0 spiro atoms. The minimum Gasteiger partial charge on any atom is -0.371 e. The van der Waals surface area contributed by atoms with Crippen LogP contribution in [0.1, 0.15) is 69.8 Å². The minimum absolute atomic E-state index is 0.195. The normalized spacial score (nSPS) is 22.0. The van der Waals surface area contributed by atoms with Gasteiger partial charge in [-0.3, -0.25) is 9.71 Å². The molecule has 6 heteroatoms. The highest BCUT2D eigenvalue weighted by molar-refractivity contribution is 8.07. The van der Waals surface area contributed by atoms with Crippen molar-refractivity contribution in [3.8, 4) is 0 Å². The van der Waals surface area contributed by atoms with Crippen LogP contribution in [0.4, 0.5) is 4.39 Å². The summed E-state index contributed by atoms with van der Waals surface area (Å²) in [7, 11) is 0. The maximum Gasteiger partial charge on any atom is 0.112 e. The van der Waals surface area contributed by atoms with E-state index in [4.69, 9.17) is 0 Å². The van der Waals surface area contributed by atoms with Crippen LogP contribution in [0.3, 0.4) is 0 Å². The first-order valence-corrected chi connectivity index (χ1v) is 15.1. The molecule has 0 saturated carbocycles. The van der Waals surface area contributed by atoms with Crippen molar-refractivity contribution in [2.24, 2.45) is 5.41 Å². The number of benzene rings is 1. The third kappa shape index (κ3) is 6.07. The number of halogens is 1. The summed E-state index contributed by atoms with van der Waals surface area (Å²) in [5.74, 6) is 1.11. The van der Waals surface area contributed by atoms with Gasteiger partial charge in [-0.05, 0) is 68.4 Å². The Morgan fingerprint density at radius 2 is 1.84 bits per heavy atom. The zero-order chi connectivity index (χ0) is 27.9. The number of aromatic nitrogens is 1. The van der Waals surface area contributed by atoms with Gasteiger partial charge in [0.15, 0.2) is 0 Å². The lowest BCUT2D eigenvalue weighted by molar-refractivity contribution is 0.261. The molecule has 1 aromatic carbocycles. The fourth-order valence-corrected chi connectivity index (χ4v) is 6.53. The summed E-state index contributed by atoms with van der Waals surface area (Å²) in [5.41, 5.74) is 7.34. The smallest absolute Gasteiger partial charge is 0.112 e. The lowest BCUT2D eigenvalue weighted by Crippen LogP contribution is -2.45. The first-order valence-electron chi connectivity index (χ1n) is 14.3. The molecule has 4 nitrogen and oxygen atoms in total. The van der Waals surface area contributed by atoms with E-state index in [-0.39, 0.29) is 18.1 Å². The van der Waals surface area contributed by atoms with E-state index in [9.17, 15) is 4.39 Å². The highest BCUT2D eigenvalue weighted by atomic mass is 32.2. The van der Waals surface area contributed by atoms with Gasteiger partial charge in [0, 0.05) is 33.5 Å². The summed E-state index contributed by atoms with van der Waals surface area (Å²) in [4.78, 5) is 6.09. The van der Waals surface area contributed by atoms with Crippen molar-refractivity contribution >= 4 is 22.7 Å². The predicted octanol–water partition coefficient (Wildman–Crippen LogP) is 7.85. The maximum absolute atomic E-state index is 13.8. The van der Waals surface area contributed by atoms with Crippen LogP contribution < -0.4 is 16.0 Å². The second-order valence-corrected chi connectivity index (χ2v) is 10.9. The monoisotopic (exact) mass is 538 g/mol. The Kier molecular flexibility index (Phi) is 10.8. The molecule has 3 heterocycles. The van der Waals surface area contributed by atoms with Crippen molar-refractivity contribution in [1.82, 2.24) is 20.9 Å². The van der Waals surface area contributed by atoms with E-state index in [1.54, 1.807) is 11.8 Å². The fourth-order valence-electron chi connectivity index (χ4n) is 5.32. The molecule has 208 valence electrons. The molecular weight excluding hydrogens is 491 g/mol. The summed E-state index contributed by atoms with van der Waals surface area (Å²) in [6, 6.07) is 4.61. The highest BCUT2D eigenvalue weighted by Gasteiger charge is 2.33. The summed E-state index contributed by atoms with van der Waals surface area (Å²) in [6.45, 7) is 17.9. The van der Waals surface area contributed by atoms with E-state index < -0.39 is 0 Å². The van der Waals surface area contributed by atoms with Gasteiger partial charge in [-0.15, -0.1) is 0 Å². The Balaban J connectivity index is 0.000000956. The van der Waals surface area contributed by atoms with Crippen molar-refractivity contribution in [3.63, 3.8) is 0 Å². The predicted molar refractivity (Wildman–Crippen MR) is 165 cm³/mol. The van der Waals surface area contributed by atoms with Crippen molar-refractivity contribution in [1.29, 1.82) is 0 Å². The lowest BCUT2D eigenvalue weighted by Gasteiger charge is -2.28. The largest absolute Gasteiger partial charge is 0.371 e. The van der Waals surface area contributed by atoms with E-state index in [0.717, 1.165) is 43.9 Å². The van der Waals surface area contributed by atoms with Crippen LogP contribution in [0.5, 0.6) is 0 Å². The topological polar surface area (TPSA) is 51.9 Å². The number of allylic oxidation sites excluding steroid dienone is 4. The Bertz CT molecular complexity index is 1230. The Labute approximate surface area is 233 Å². The molecule has 0 radical (unpaired) electrons. The molecule has 0 bridgehead atoms. The summed E-state index contributed by atoms with van der Waals surface area (Å²) in [5, 5.41) is 12.1. The van der Waals surface area contributed by atoms with Crippen LogP contribution in [0.25, 0.3) is 10.9 Å². The number of nitrogens with one attached hydrogen (secondary N) is 4. The number of hydrogen-bond donors (Lipinski definition) is 4. The van der Waals surface area contributed by atoms with Crippen molar-refractivity contribution in [2.45, 2.75) is 80.7 Å². The van der Waals surface area contributed by atoms with Gasteiger partial charge < -0.3 is 15.6 Å². The molecule has 0 saturated heterocycles. The number of fused-ring (bicyclic) bond motifs is 2. The van der Waals surface area contributed by atoms with Gasteiger partial charge in [-0.1, -0.05) is 76.7 Å². The molecule has 0 amide bonds. The third-order valence-electron chi connectivity index (χ3n) is 7.56. The molecule has 2 unspecified atom stereocenters. The summed E-state index contributed by atoms with van der Waals surface area (Å²) >= 11 is 1.79. The van der Waals surface area contributed by atoms with E-state index in [2.05, 4.69) is 85.1 Å². The Hall–Kier alpha value is -2.44. The minimum atomic E-state index is -0.353. The number of thioether (sulfide) groups is 1. The van der Waals surface area contributed by atoms with Crippen LogP contribution in [0.15, 0.2) is 57.6 Å². The molecule has 2 atom stereocenters. The molecule has 5 rings (SSSR count). The van der Waals surface area contributed by atoms with Gasteiger partial charge in [0.25, 0.3) is 0 Å². The van der Waals surface area contributed by atoms with Gasteiger partial charge >= 0.3 is 0 Å². The van der Waals surface area contributed by atoms with Crippen LogP contribution in [-0.4, -0.2) is 30.9 Å². The zero-order valence-corrected chi connectivity index (χ0v) is 25.4. The Morgan fingerprint density at radius 3 is 2.55 bits per heavy atom. The van der Waals surface area contributed by atoms with E-state index in [1.165, 1.54) is 43.1 Å². The molecule has 0 fully saturated rings. The molecule has 38 heavy (non-hydrogen) atoms. The highest BCUT2D eigenvalue weighted by Crippen LogP contribution is 2.45. The van der Waals surface area contributed by atoms with Gasteiger partial charge in [-0.25, -0.2) is 0 Å². The van der Waals surface area contributed by atoms with E-state index in [1.807, 2.05) is 27.7 Å². The van der Waals surface area contributed by atoms with Crippen LogP contribution in [0.2, 0.25) is 0 Å². The summed E-state index contributed by atoms with van der Waals surface area (Å²) in [6.07, 6.45) is 11.3. The second-order valence-electron chi connectivity index (χ2n) is 9.82. The number of H-pyrrole nitrogens is 1. The van der Waals surface area contributed by atoms with Crippen molar-refractivity contribution in [2.75, 3.05) is 19.9 Å². The first kappa shape index (κ1) is 30.1. The zero-order valence-electron chi connectivity index (χ0n) is 24.6. The SMILES string of the molecule is CC.CC.CCC1(CF)C=C(C2=CC3NCNC(NCCc4c(C)[nH]c5c(C)ccc(C)c45)=C3S2)C=CC1. The molecular formula is C32H47FN4S. The van der Waals surface area contributed by atoms with Crippen LogP contribution >= 0.6 is 11.8 Å². The lowest BCUT2D eigenvalue weighted by atomic mass is 9.78. The van der Waals surface area contributed by atoms with E-state index >= 15 is 0 Å². The first-order chi connectivity index (χ1) is 18.4. The van der Waals surface area contributed by atoms with Gasteiger partial charge in [0.05, 0.1) is 24.3 Å². The van der Waals surface area contributed by atoms with Crippen LogP contribution in [0, 0.1) is 26.2 Å². The Morgan fingerprint density at radius 1 is 1.11 bits per heavy atom. The maximum atomic E-state index is 13.8. The molecule has 4 N–H and O–H groups in total. The number of rotatable bonds is 7. The van der Waals surface area contributed by atoms with E-state index in [0.29, 0.717) is 0 Å². The standard InChI is InChI=1S/C28H35FN4S.2C2H6/c1-5-28(15-29)11-6-7-20(14-28)23-13-22-26(34-23)27(32-16-31-22)30-12-10-21-19(4)33-25-18(3)9-8-17(2)24(21)25;2*1-2/h6-9,13-14,22,30-33H,5,10-12,15-16H2,1-4H3;2*1-2H3. The quantitative estimate of drug-likeness (QED) is 0.290. The van der Waals surface area contributed by atoms with Gasteiger partial charge in [0.2, 0.25) is 0 Å². The fraction of sp³-hybridized carbons (Fsp3) is 0.500. The molecule has 2 aliphatic heterocycles. The average Bonchev–Trinajstić information content (AvgIpc) is 3.55. The third-order valence-corrected chi connectivity index (χ3v) is 8.83. The average molecular weight is 539 g/mol. The van der Waals surface area contributed by atoms with Crippen LogP contribution in [-0.2, 0) is 6.42 Å². The number of hydrogen-bond acceptors (Lipinski definition) is 4. The molecule has 3 aliphatic rings. The van der Waals surface area contributed by atoms with Crippen molar-refractivity contribution < 1.29 is 4.39 Å². The van der Waals surface area contributed by atoms with Gasteiger partial charge in [0.1, 0.15) is 5.82 Å². The number of aromatic amines is 1.